The van der Waals surface area contributed by atoms with Crippen LogP contribution in [-0.4, -0.2) is 44.6 Å². The van der Waals surface area contributed by atoms with Gasteiger partial charge < -0.3 is 24.7 Å². The van der Waals surface area contributed by atoms with Gasteiger partial charge in [0.25, 0.3) is 0 Å². The van der Waals surface area contributed by atoms with Crippen molar-refractivity contribution in [1.29, 1.82) is 5.41 Å². The monoisotopic (exact) mass is 455 g/mol. The number of phenolic OH excluding ortho intramolecular Hbond substituents is 1. The molecule has 0 amide bonds. The second-order valence-electron chi connectivity index (χ2n) is 7.07. The van der Waals surface area contributed by atoms with Crippen LogP contribution in [0.3, 0.4) is 0 Å². The van der Waals surface area contributed by atoms with Crippen LogP contribution in [0.4, 0.5) is 0 Å². The molecular weight excluding hydrogens is 430 g/mol. The number of rotatable bonds is 5. The van der Waals surface area contributed by atoms with E-state index < -0.39 is 10.1 Å². The maximum absolute atomic E-state index is 12.7. The van der Waals surface area contributed by atoms with Gasteiger partial charge in [0.1, 0.15) is 10.6 Å². The Morgan fingerprint density at radius 3 is 2.47 bits per heavy atom. The van der Waals surface area contributed by atoms with Crippen LogP contribution in [0, 0.1) is 12.3 Å². The van der Waals surface area contributed by atoms with Crippen LogP contribution in [0.25, 0.3) is 0 Å². The Hall–Kier alpha value is -2.65. The summed E-state index contributed by atoms with van der Waals surface area (Å²) in [4.78, 5) is 1.67. The summed E-state index contributed by atoms with van der Waals surface area (Å²) in [6.07, 6.45) is 1.52. The Morgan fingerprint density at radius 2 is 1.90 bits per heavy atom. The number of benzene rings is 2. The number of halogens is 1. The lowest BCUT2D eigenvalue weighted by Gasteiger charge is -2.33. The first-order valence-electron chi connectivity index (χ1n) is 9.22. The van der Waals surface area contributed by atoms with Crippen molar-refractivity contribution in [2.24, 2.45) is 5.73 Å². The summed E-state index contributed by atoms with van der Waals surface area (Å²) in [5.74, 6) is 0.511. The molecule has 0 spiro atoms. The lowest BCUT2D eigenvalue weighted by Crippen LogP contribution is -2.41. The fraction of sp³-hybridized carbons (Fsp3) is 0.350. The molecule has 1 fully saturated rings. The molecule has 1 heterocycles. The molecule has 164 valence electrons. The first-order chi connectivity index (χ1) is 13.7. The number of phenols is 1. The highest BCUT2D eigenvalue weighted by Crippen LogP contribution is 2.42. The quantitative estimate of drug-likeness (QED) is 0.359. The van der Waals surface area contributed by atoms with E-state index in [1.807, 2.05) is 17.9 Å². The van der Waals surface area contributed by atoms with Crippen molar-refractivity contribution in [2.75, 3.05) is 20.2 Å². The zero-order valence-corrected chi connectivity index (χ0v) is 18.4. The van der Waals surface area contributed by atoms with Gasteiger partial charge in [0, 0.05) is 24.7 Å². The second-order valence-corrected chi connectivity index (χ2v) is 8.61. The van der Waals surface area contributed by atoms with Crippen molar-refractivity contribution in [1.82, 2.24) is 4.90 Å². The molecule has 0 atom stereocenters. The van der Waals surface area contributed by atoms with Crippen molar-refractivity contribution >= 4 is 28.5 Å². The Morgan fingerprint density at radius 1 is 1.23 bits per heavy atom. The van der Waals surface area contributed by atoms with E-state index >= 15 is 0 Å². The molecule has 1 saturated heterocycles. The van der Waals surface area contributed by atoms with Crippen LogP contribution >= 0.6 is 12.4 Å². The Bertz CT molecular complexity index is 1020. The molecule has 10 heteroatoms. The normalized spacial score (nSPS) is 14.7. The van der Waals surface area contributed by atoms with Gasteiger partial charge in [-0.3, -0.25) is 5.41 Å². The van der Waals surface area contributed by atoms with E-state index in [1.54, 1.807) is 6.07 Å². The van der Waals surface area contributed by atoms with Crippen molar-refractivity contribution < 1.29 is 22.4 Å². The van der Waals surface area contributed by atoms with Gasteiger partial charge in [-0.2, -0.15) is 8.42 Å². The van der Waals surface area contributed by atoms with Gasteiger partial charge in [-0.05, 0) is 49.4 Å². The molecule has 30 heavy (non-hydrogen) atoms. The van der Waals surface area contributed by atoms with E-state index in [9.17, 15) is 13.5 Å². The van der Waals surface area contributed by atoms with E-state index in [2.05, 4.69) is 0 Å². The highest BCUT2D eigenvalue weighted by atomic mass is 35.5. The number of nitrogens with two attached hydrogens (primary N) is 1. The summed E-state index contributed by atoms with van der Waals surface area (Å²) in [6, 6.07) is 8.91. The van der Waals surface area contributed by atoms with Crippen LogP contribution in [0.15, 0.2) is 41.3 Å². The van der Waals surface area contributed by atoms with Gasteiger partial charge in [0.05, 0.1) is 7.11 Å². The Kier molecular flexibility index (Phi) is 7.44. The van der Waals surface area contributed by atoms with Gasteiger partial charge in [-0.1, -0.05) is 12.1 Å². The molecule has 0 aromatic heterocycles. The van der Waals surface area contributed by atoms with Crippen molar-refractivity contribution in [3.05, 3.63) is 47.5 Å². The topological polar surface area (TPSA) is 126 Å². The standard InChI is InChI=1S/C20H25N3O5S.ClH/c1-13-10-17(14-6-8-23(9-7-14)20(21)22)19(27-2)18(11-13)28-29(25,26)16-5-3-4-15(24)12-16;/h3-5,10-12,14,24H,6-9H2,1-2H3,(H3,21,22);1H. The number of piperidine rings is 1. The van der Waals surface area contributed by atoms with E-state index in [4.69, 9.17) is 20.1 Å². The predicted octanol–water partition coefficient (Wildman–Crippen LogP) is 2.97. The average Bonchev–Trinajstić information content (AvgIpc) is 2.67. The minimum atomic E-state index is -4.15. The van der Waals surface area contributed by atoms with E-state index in [1.165, 1.54) is 25.3 Å². The molecule has 3 rings (SSSR count). The van der Waals surface area contributed by atoms with Crippen LogP contribution < -0.4 is 14.7 Å². The smallest absolute Gasteiger partial charge is 0.339 e. The van der Waals surface area contributed by atoms with Gasteiger partial charge in [-0.25, -0.2) is 0 Å². The van der Waals surface area contributed by atoms with Crippen molar-refractivity contribution in [3.63, 3.8) is 0 Å². The minimum Gasteiger partial charge on any atom is -0.508 e. The first kappa shape index (κ1) is 23.6. The average molecular weight is 456 g/mol. The van der Waals surface area contributed by atoms with Crippen LogP contribution in [0.1, 0.15) is 29.9 Å². The van der Waals surface area contributed by atoms with Gasteiger partial charge >= 0.3 is 10.1 Å². The molecule has 0 aliphatic carbocycles. The number of aromatic hydroxyl groups is 1. The van der Waals surface area contributed by atoms with E-state index in [-0.39, 0.29) is 40.7 Å². The summed E-state index contributed by atoms with van der Waals surface area (Å²) in [6.45, 7) is 3.16. The number of guanidine groups is 1. The SMILES string of the molecule is COc1c(OS(=O)(=O)c2cccc(O)c2)cc(C)cc1C1CCN(C(=N)N)CC1.Cl. The number of methoxy groups -OCH3 is 1. The Labute approximate surface area is 182 Å². The number of hydrogen-bond donors (Lipinski definition) is 3. The maximum atomic E-state index is 12.7. The molecule has 1 aliphatic heterocycles. The molecule has 2 aromatic carbocycles. The predicted molar refractivity (Wildman–Crippen MR) is 116 cm³/mol. The molecule has 0 unspecified atom stereocenters. The van der Waals surface area contributed by atoms with Gasteiger partial charge in [-0.15, -0.1) is 12.4 Å². The molecule has 1 aliphatic rings. The molecule has 2 aromatic rings. The van der Waals surface area contributed by atoms with Crippen LogP contribution in [-0.2, 0) is 10.1 Å². The van der Waals surface area contributed by atoms with Crippen molar-refractivity contribution in [3.8, 4) is 17.2 Å². The third-order valence-electron chi connectivity index (χ3n) is 5.01. The van der Waals surface area contributed by atoms with Crippen molar-refractivity contribution in [2.45, 2.75) is 30.6 Å². The number of hydrogen-bond acceptors (Lipinski definition) is 6. The largest absolute Gasteiger partial charge is 0.508 e. The summed E-state index contributed by atoms with van der Waals surface area (Å²) < 4.78 is 36.4. The highest BCUT2D eigenvalue weighted by Gasteiger charge is 2.27. The van der Waals surface area contributed by atoms with Crippen LogP contribution in [0.2, 0.25) is 0 Å². The minimum absolute atomic E-state index is 0. The number of aryl methyl sites for hydroxylation is 1. The van der Waals surface area contributed by atoms with E-state index in [0.717, 1.165) is 30.0 Å². The fourth-order valence-electron chi connectivity index (χ4n) is 3.59. The highest BCUT2D eigenvalue weighted by molar-refractivity contribution is 7.87. The molecule has 0 saturated carbocycles. The van der Waals surface area contributed by atoms with Gasteiger partial charge in [0.2, 0.25) is 0 Å². The summed E-state index contributed by atoms with van der Waals surface area (Å²) in [5.41, 5.74) is 7.29. The van der Waals surface area contributed by atoms with E-state index in [0.29, 0.717) is 18.8 Å². The molecule has 0 radical (unpaired) electrons. The first-order valence-corrected chi connectivity index (χ1v) is 10.6. The number of nitrogens with zero attached hydrogens (tertiary/aromatic N) is 1. The third kappa shape index (κ3) is 5.09. The third-order valence-corrected chi connectivity index (χ3v) is 6.24. The summed E-state index contributed by atoms with van der Waals surface area (Å²) in [5, 5.41) is 17.2. The lowest BCUT2D eigenvalue weighted by atomic mass is 9.88. The molecular formula is C20H26ClN3O5S. The second kappa shape index (κ2) is 9.44. The fourth-order valence-corrected chi connectivity index (χ4v) is 4.55. The lowest BCUT2D eigenvalue weighted by molar-refractivity contribution is 0.301. The molecule has 8 nitrogen and oxygen atoms in total. The maximum Gasteiger partial charge on any atom is 0.339 e. The zero-order valence-electron chi connectivity index (χ0n) is 16.8. The molecule has 0 bridgehead atoms. The number of ether oxygens (including phenoxy) is 1. The van der Waals surface area contributed by atoms with Gasteiger partial charge in [0.15, 0.2) is 17.5 Å². The summed E-state index contributed by atoms with van der Waals surface area (Å²) >= 11 is 0. The summed E-state index contributed by atoms with van der Waals surface area (Å²) in [7, 11) is -2.67. The Balaban J connectivity index is 0.00000320. The molecule has 4 N–H and O–H groups in total. The number of nitrogens with one attached hydrogen (secondary N) is 1. The zero-order chi connectivity index (χ0) is 21.2. The van der Waals surface area contributed by atoms with Crippen LogP contribution in [0.5, 0.6) is 17.2 Å². The number of likely N-dealkylation sites (tertiary alicyclic amines) is 1.